The number of hydrogen-bond acceptors (Lipinski definition) is 3. The van der Waals surface area contributed by atoms with E-state index in [1.807, 2.05) is 26.8 Å². The lowest BCUT2D eigenvalue weighted by Crippen LogP contribution is -2.39. The topological polar surface area (TPSA) is 43.4 Å². The number of hydrogen-bond donors (Lipinski definition) is 0. The van der Waals surface area contributed by atoms with E-state index in [2.05, 4.69) is 20.4 Å². The third-order valence-electron chi connectivity index (χ3n) is 5.70. The Hall–Kier alpha value is -1.64. The molecule has 2 aliphatic carbocycles. The van der Waals surface area contributed by atoms with Crippen molar-refractivity contribution in [3.8, 4) is 0 Å². The first-order chi connectivity index (χ1) is 11.3. The Kier molecular flexibility index (Phi) is 5.84. The van der Waals surface area contributed by atoms with E-state index in [0.717, 1.165) is 29.6 Å². The van der Waals surface area contributed by atoms with Crippen molar-refractivity contribution >= 4 is 11.8 Å². The van der Waals surface area contributed by atoms with Gasteiger partial charge in [-0.25, -0.2) is 4.79 Å². The van der Waals surface area contributed by atoms with Crippen LogP contribution in [0.1, 0.15) is 53.9 Å². The lowest BCUT2D eigenvalue weighted by atomic mass is 9.65. The molecule has 2 fully saturated rings. The lowest BCUT2D eigenvalue weighted by molar-refractivity contribution is -0.143. The van der Waals surface area contributed by atoms with Gasteiger partial charge in [0.1, 0.15) is 6.10 Å². The Balaban J connectivity index is 2.24. The maximum atomic E-state index is 12.4. The Morgan fingerprint density at radius 2 is 2.08 bits per heavy atom. The fourth-order valence-electron chi connectivity index (χ4n) is 4.16. The Bertz CT molecular complexity index is 594. The number of allylic oxidation sites excluding steroid dienone is 3. The largest absolute Gasteiger partial charge is 0.455 e. The highest BCUT2D eigenvalue weighted by Gasteiger charge is 2.50. The Labute approximate surface area is 145 Å². The molecule has 0 bridgehead atoms. The fraction of sp³-hybridized carbons (Fsp3) is 0.619. The highest BCUT2D eigenvalue weighted by atomic mass is 16.5. The van der Waals surface area contributed by atoms with Gasteiger partial charge in [-0.1, -0.05) is 39.0 Å². The van der Waals surface area contributed by atoms with E-state index in [0.29, 0.717) is 18.3 Å². The summed E-state index contributed by atoms with van der Waals surface area (Å²) in [5.74, 6) is 1.05. The predicted molar refractivity (Wildman–Crippen MR) is 96.4 cm³/mol. The fourth-order valence-corrected chi connectivity index (χ4v) is 4.16. The van der Waals surface area contributed by atoms with Crippen molar-refractivity contribution < 1.29 is 14.3 Å². The zero-order valence-corrected chi connectivity index (χ0v) is 15.6. The molecule has 2 saturated carbocycles. The molecule has 0 amide bonds. The van der Waals surface area contributed by atoms with Crippen LogP contribution >= 0.6 is 0 Å². The highest BCUT2D eigenvalue weighted by Crippen LogP contribution is 2.51. The molecule has 3 heteroatoms. The first kappa shape index (κ1) is 18.7. The third kappa shape index (κ3) is 3.55. The van der Waals surface area contributed by atoms with Gasteiger partial charge in [-0.3, -0.25) is 4.79 Å². The standard InChI is InChI=1S/C21H30O3/c1-7-13(5)9-20(23)24-19-11-16(12(3)4)21-15(8-2)18(22)10-17(21)14(19)6/h8-9,12,16-17,19,21H,6-7,10-11H2,1-5H3. The average Bonchev–Trinajstić information content (AvgIpc) is 2.86. The van der Waals surface area contributed by atoms with Crippen LogP contribution in [0.15, 0.2) is 35.5 Å². The molecule has 24 heavy (non-hydrogen) atoms. The van der Waals surface area contributed by atoms with Crippen molar-refractivity contribution in [2.75, 3.05) is 0 Å². The molecule has 3 nitrogen and oxygen atoms in total. The molecule has 0 radical (unpaired) electrons. The van der Waals surface area contributed by atoms with Crippen LogP contribution in [0.4, 0.5) is 0 Å². The first-order valence-corrected chi connectivity index (χ1v) is 9.05. The molecular formula is C21H30O3. The van der Waals surface area contributed by atoms with Gasteiger partial charge >= 0.3 is 5.97 Å². The molecule has 0 aromatic carbocycles. The summed E-state index contributed by atoms with van der Waals surface area (Å²) in [6.07, 6.45) is 5.35. The zero-order valence-electron chi connectivity index (χ0n) is 15.6. The minimum atomic E-state index is -0.294. The van der Waals surface area contributed by atoms with Crippen LogP contribution < -0.4 is 0 Å². The second-order valence-corrected chi connectivity index (χ2v) is 7.49. The van der Waals surface area contributed by atoms with Crippen molar-refractivity contribution in [3.05, 3.63) is 35.5 Å². The van der Waals surface area contributed by atoms with Gasteiger partial charge in [-0.2, -0.15) is 0 Å². The van der Waals surface area contributed by atoms with E-state index in [9.17, 15) is 9.59 Å². The van der Waals surface area contributed by atoms with Crippen molar-refractivity contribution in [3.63, 3.8) is 0 Å². The molecule has 132 valence electrons. The van der Waals surface area contributed by atoms with Gasteiger partial charge in [-0.05, 0) is 61.5 Å². The molecular weight excluding hydrogens is 300 g/mol. The third-order valence-corrected chi connectivity index (χ3v) is 5.70. The number of carbonyl (C=O) groups is 2. The maximum absolute atomic E-state index is 12.4. The van der Waals surface area contributed by atoms with Crippen LogP contribution in [0.5, 0.6) is 0 Å². The van der Waals surface area contributed by atoms with E-state index in [1.54, 1.807) is 6.08 Å². The Morgan fingerprint density at radius 3 is 2.62 bits per heavy atom. The van der Waals surface area contributed by atoms with Gasteiger partial charge in [0.05, 0.1) is 0 Å². The maximum Gasteiger partial charge on any atom is 0.331 e. The van der Waals surface area contributed by atoms with E-state index in [4.69, 9.17) is 4.74 Å². The van der Waals surface area contributed by atoms with Crippen LogP contribution in [-0.2, 0) is 14.3 Å². The van der Waals surface area contributed by atoms with Gasteiger partial charge in [0, 0.05) is 12.5 Å². The van der Waals surface area contributed by atoms with Crippen molar-refractivity contribution in [1.82, 2.24) is 0 Å². The summed E-state index contributed by atoms with van der Waals surface area (Å²) >= 11 is 0. The van der Waals surface area contributed by atoms with Crippen molar-refractivity contribution in [1.29, 1.82) is 0 Å². The summed E-state index contributed by atoms with van der Waals surface area (Å²) in [4.78, 5) is 24.5. The average molecular weight is 330 g/mol. The number of fused-ring (bicyclic) bond motifs is 1. The van der Waals surface area contributed by atoms with Crippen molar-refractivity contribution in [2.45, 2.75) is 60.0 Å². The second-order valence-electron chi connectivity index (χ2n) is 7.49. The quantitative estimate of drug-likeness (QED) is 0.428. The number of carbonyl (C=O) groups excluding carboxylic acids is 2. The number of ketones is 1. The van der Waals surface area contributed by atoms with Gasteiger partial charge in [0.25, 0.3) is 0 Å². The van der Waals surface area contributed by atoms with E-state index >= 15 is 0 Å². The monoisotopic (exact) mass is 330 g/mol. The van der Waals surface area contributed by atoms with Gasteiger partial charge in [0.2, 0.25) is 0 Å². The molecule has 0 N–H and O–H groups in total. The minimum absolute atomic E-state index is 0.110. The van der Waals surface area contributed by atoms with E-state index < -0.39 is 0 Å². The van der Waals surface area contributed by atoms with Crippen LogP contribution in [-0.4, -0.2) is 17.9 Å². The molecule has 4 atom stereocenters. The second kappa shape index (κ2) is 7.50. The first-order valence-electron chi connectivity index (χ1n) is 9.05. The molecule has 2 aliphatic rings. The summed E-state index contributed by atoms with van der Waals surface area (Å²) in [5.41, 5.74) is 2.87. The number of ether oxygens (including phenoxy) is 1. The molecule has 0 spiro atoms. The number of rotatable bonds is 4. The summed E-state index contributed by atoms with van der Waals surface area (Å²) in [6.45, 7) is 14.5. The number of Topliss-reactive ketones (excluding diaryl/α,β-unsaturated/α-hetero) is 1. The van der Waals surface area contributed by atoms with Gasteiger partial charge < -0.3 is 4.74 Å². The molecule has 0 saturated heterocycles. The van der Waals surface area contributed by atoms with Gasteiger partial charge in [0.15, 0.2) is 5.78 Å². The zero-order chi connectivity index (χ0) is 18.0. The van der Waals surface area contributed by atoms with Gasteiger partial charge in [-0.15, -0.1) is 0 Å². The summed E-state index contributed by atoms with van der Waals surface area (Å²) < 4.78 is 5.72. The summed E-state index contributed by atoms with van der Waals surface area (Å²) in [7, 11) is 0. The lowest BCUT2D eigenvalue weighted by Gasteiger charge is -2.41. The highest BCUT2D eigenvalue weighted by molar-refractivity contribution is 5.99. The van der Waals surface area contributed by atoms with Crippen LogP contribution in [0.3, 0.4) is 0 Å². The minimum Gasteiger partial charge on any atom is -0.455 e. The van der Waals surface area contributed by atoms with Crippen LogP contribution in [0.2, 0.25) is 0 Å². The van der Waals surface area contributed by atoms with Crippen LogP contribution in [0, 0.1) is 23.7 Å². The number of esters is 1. The molecule has 4 unspecified atom stereocenters. The molecule has 0 aromatic rings. The summed E-state index contributed by atoms with van der Waals surface area (Å²) in [6, 6.07) is 0. The SMILES string of the molecule is C=C1C(OC(=O)C=C(C)CC)CC(C(C)C)C2C(=CC)C(=O)CC12. The molecule has 0 aromatic heterocycles. The molecule has 2 rings (SSSR count). The normalized spacial score (nSPS) is 32.4. The predicted octanol–water partition coefficient (Wildman–Crippen LogP) is 4.64. The smallest absolute Gasteiger partial charge is 0.331 e. The summed E-state index contributed by atoms with van der Waals surface area (Å²) in [5, 5.41) is 0. The van der Waals surface area contributed by atoms with Crippen LogP contribution in [0.25, 0.3) is 0 Å². The van der Waals surface area contributed by atoms with Crippen molar-refractivity contribution in [2.24, 2.45) is 23.7 Å². The molecule has 0 heterocycles. The molecule has 0 aliphatic heterocycles. The van der Waals surface area contributed by atoms with E-state index in [1.165, 1.54) is 0 Å². The Morgan fingerprint density at radius 1 is 1.42 bits per heavy atom. The van der Waals surface area contributed by atoms with E-state index in [-0.39, 0.29) is 29.7 Å².